The van der Waals surface area contributed by atoms with Gasteiger partial charge in [0.05, 0.1) is 12.2 Å². The molecule has 22 heavy (non-hydrogen) atoms. The fourth-order valence-corrected chi connectivity index (χ4v) is 2.79. The highest BCUT2D eigenvalue weighted by Crippen LogP contribution is 2.30. The molecular formula is C15H24N2O5. The van der Waals surface area contributed by atoms with Crippen LogP contribution in [0.2, 0.25) is 0 Å². The maximum atomic E-state index is 11.7. The summed E-state index contributed by atoms with van der Waals surface area (Å²) >= 11 is 0. The number of nitrogens with one attached hydrogen (secondary N) is 1. The van der Waals surface area contributed by atoms with E-state index in [1.54, 1.807) is 0 Å². The number of unbranched alkanes of at least 4 members (excludes halogenated alkanes) is 3. The maximum absolute atomic E-state index is 11.7. The molecule has 1 fully saturated rings. The standard InChI is InChI=1S/C15H24N2O5/c1-2-3-4-5-6-10(18)14-11(19)9-13(22-14)17-8-7-12(20)16-15(17)21/h7-8,10-11,13-14,18-19H,2-6,9H2,1H3,(H,16,20,21)/t10?,11-,13+,14+/m0/s1. The lowest BCUT2D eigenvalue weighted by molar-refractivity contribution is -0.0857. The van der Waals surface area contributed by atoms with Gasteiger partial charge in [-0.1, -0.05) is 32.6 Å². The van der Waals surface area contributed by atoms with Gasteiger partial charge < -0.3 is 14.9 Å². The zero-order valence-corrected chi connectivity index (χ0v) is 12.8. The first-order valence-corrected chi connectivity index (χ1v) is 7.86. The van der Waals surface area contributed by atoms with Crippen LogP contribution in [0, 0.1) is 0 Å². The number of rotatable bonds is 7. The van der Waals surface area contributed by atoms with E-state index in [0.717, 1.165) is 25.7 Å². The Morgan fingerprint density at radius 1 is 1.41 bits per heavy atom. The highest BCUT2D eigenvalue weighted by Gasteiger charge is 2.39. The molecule has 4 atom stereocenters. The molecule has 124 valence electrons. The van der Waals surface area contributed by atoms with E-state index in [0.29, 0.717) is 6.42 Å². The lowest BCUT2D eigenvalue weighted by Gasteiger charge is -2.21. The molecule has 0 aliphatic carbocycles. The Balaban J connectivity index is 1.96. The summed E-state index contributed by atoms with van der Waals surface area (Å²) in [7, 11) is 0. The summed E-state index contributed by atoms with van der Waals surface area (Å²) in [6.07, 6.45) is 3.32. The fraction of sp³-hybridized carbons (Fsp3) is 0.733. The second kappa shape index (κ2) is 7.71. The van der Waals surface area contributed by atoms with Crippen molar-refractivity contribution in [1.82, 2.24) is 9.55 Å². The summed E-state index contributed by atoms with van der Waals surface area (Å²) < 4.78 is 6.87. The van der Waals surface area contributed by atoms with Gasteiger partial charge in [-0.3, -0.25) is 14.3 Å². The fourth-order valence-electron chi connectivity index (χ4n) is 2.79. The van der Waals surface area contributed by atoms with Gasteiger partial charge >= 0.3 is 5.69 Å². The summed E-state index contributed by atoms with van der Waals surface area (Å²) in [6.45, 7) is 2.12. The highest BCUT2D eigenvalue weighted by molar-refractivity contribution is 4.90. The van der Waals surface area contributed by atoms with Crippen LogP contribution >= 0.6 is 0 Å². The topological polar surface area (TPSA) is 105 Å². The minimum atomic E-state index is -0.829. The Kier molecular flexibility index (Phi) is 5.93. The van der Waals surface area contributed by atoms with Crippen molar-refractivity contribution in [3.05, 3.63) is 33.1 Å². The molecule has 0 spiro atoms. The molecule has 0 aromatic carbocycles. The van der Waals surface area contributed by atoms with E-state index in [4.69, 9.17) is 4.74 Å². The third kappa shape index (κ3) is 4.06. The molecule has 2 rings (SSSR count). The normalized spacial score (nSPS) is 26.2. The monoisotopic (exact) mass is 312 g/mol. The van der Waals surface area contributed by atoms with Crippen LogP contribution in [0.15, 0.2) is 21.9 Å². The van der Waals surface area contributed by atoms with Gasteiger partial charge in [0.2, 0.25) is 0 Å². The molecule has 0 bridgehead atoms. The number of hydrogen-bond acceptors (Lipinski definition) is 5. The lowest BCUT2D eigenvalue weighted by atomic mass is 10.0. The molecule has 1 aliphatic heterocycles. The number of aliphatic hydroxyl groups is 2. The quantitative estimate of drug-likeness (QED) is 0.637. The molecule has 3 N–H and O–H groups in total. The molecule has 2 heterocycles. The average Bonchev–Trinajstić information content (AvgIpc) is 2.85. The molecular weight excluding hydrogens is 288 g/mol. The number of aromatic nitrogens is 2. The van der Waals surface area contributed by atoms with Crippen LogP contribution in [0.25, 0.3) is 0 Å². The first-order chi connectivity index (χ1) is 10.5. The average molecular weight is 312 g/mol. The first kappa shape index (κ1) is 16.9. The number of H-pyrrole nitrogens is 1. The Morgan fingerprint density at radius 2 is 2.18 bits per heavy atom. The first-order valence-electron chi connectivity index (χ1n) is 7.86. The van der Waals surface area contributed by atoms with E-state index in [2.05, 4.69) is 11.9 Å². The summed E-state index contributed by atoms with van der Waals surface area (Å²) in [5.41, 5.74) is -1.06. The predicted molar refractivity (Wildman–Crippen MR) is 80.6 cm³/mol. The van der Waals surface area contributed by atoms with Crippen molar-refractivity contribution in [3.63, 3.8) is 0 Å². The van der Waals surface area contributed by atoms with E-state index >= 15 is 0 Å². The SMILES string of the molecule is CCCCCCC(O)[C@H]1O[C@@H](n2ccc(=O)[nH]c2=O)C[C@@H]1O. The molecule has 1 aromatic rings. The van der Waals surface area contributed by atoms with Crippen LogP contribution in [0.3, 0.4) is 0 Å². The van der Waals surface area contributed by atoms with Crippen LogP contribution in [-0.2, 0) is 4.74 Å². The highest BCUT2D eigenvalue weighted by atomic mass is 16.5. The van der Waals surface area contributed by atoms with Crippen molar-refractivity contribution in [2.45, 2.75) is 70.0 Å². The zero-order valence-electron chi connectivity index (χ0n) is 12.8. The van der Waals surface area contributed by atoms with Gasteiger partial charge in [0.15, 0.2) is 0 Å². The number of nitrogens with zero attached hydrogens (tertiary/aromatic N) is 1. The zero-order chi connectivity index (χ0) is 16.1. The number of aromatic amines is 1. The minimum absolute atomic E-state index is 0.211. The predicted octanol–water partition coefficient (Wildman–Crippen LogP) is 0.516. The summed E-state index contributed by atoms with van der Waals surface area (Å²) in [4.78, 5) is 25.0. The molecule has 1 saturated heterocycles. The largest absolute Gasteiger partial charge is 0.390 e. The Labute approximate surface area is 128 Å². The van der Waals surface area contributed by atoms with Crippen molar-refractivity contribution < 1.29 is 14.9 Å². The van der Waals surface area contributed by atoms with Crippen LogP contribution in [-0.4, -0.2) is 38.1 Å². The van der Waals surface area contributed by atoms with Gasteiger partial charge in [-0.15, -0.1) is 0 Å². The van der Waals surface area contributed by atoms with E-state index in [9.17, 15) is 19.8 Å². The van der Waals surface area contributed by atoms with Crippen molar-refractivity contribution in [2.75, 3.05) is 0 Å². The molecule has 7 heteroatoms. The van der Waals surface area contributed by atoms with E-state index in [1.807, 2.05) is 0 Å². The maximum Gasteiger partial charge on any atom is 0.330 e. The van der Waals surface area contributed by atoms with Gasteiger partial charge in [0.25, 0.3) is 5.56 Å². The van der Waals surface area contributed by atoms with Gasteiger partial charge in [-0.05, 0) is 6.42 Å². The van der Waals surface area contributed by atoms with Crippen LogP contribution in [0.1, 0.15) is 51.7 Å². The summed E-state index contributed by atoms with van der Waals surface area (Å²) in [6, 6.07) is 1.23. The number of ether oxygens (including phenoxy) is 1. The van der Waals surface area contributed by atoms with Gasteiger partial charge in [0, 0.05) is 18.7 Å². The Hall–Kier alpha value is -1.44. The number of aliphatic hydroxyl groups excluding tert-OH is 2. The summed E-state index contributed by atoms with van der Waals surface area (Å²) in [5, 5.41) is 20.2. The lowest BCUT2D eigenvalue weighted by Crippen LogP contribution is -2.35. The van der Waals surface area contributed by atoms with E-state index < -0.39 is 35.8 Å². The Morgan fingerprint density at radius 3 is 2.86 bits per heavy atom. The van der Waals surface area contributed by atoms with Gasteiger partial charge in [-0.25, -0.2) is 4.79 Å². The van der Waals surface area contributed by atoms with Crippen molar-refractivity contribution >= 4 is 0 Å². The van der Waals surface area contributed by atoms with Crippen molar-refractivity contribution in [3.8, 4) is 0 Å². The second-order valence-corrected chi connectivity index (χ2v) is 5.79. The van der Waals surface area contributed by atoms with E-state index in [-0.39, 0.29) is 6.42 Å². The third-order valence-corrected chi connectivity index (χ3v) is 4.03. The molecule has 1 unspecified atom stereocenters. The van der Waals surface area contributed by atoms with Crippen molar-refractivity contribution in [2.24, 2.45) is 0 Å². The molecule has 1 aliphatic rings. The summed E-state index contributed by atoms with van der Waals surface area (Å²) in [5.74, 6) is 0. The van der Waals surface area contributed by atoms with Gasteiger partial charge in [-0.2, -0.15) is 0 Å². The van der Waals surface area contributed by atoms with Gasteiger partial charge in [0.1, 0.15) is 12.3 Å². The molecule has 7 nitrogen and oxygen atoms in total. The number of hydrogen-bond donors (Lipinski definition) is 3. The second-order valence-electron chi connectivity index (χ2n) is 5.79. The minimum Gasteiger partial charge on any atom is -0.390 e. The van der Waals surface area contributed by atoms with Crippen LogP contribution in [0.5, 0.6) is 0 Å². The Bertz CT molecular complexity index is 582. The molecule has 1 aromatic heterocycles. The van der Waals surface area contributed by atoms with Crippen molar-refractivity contribution in [1.29, 1.82) is 0 Å². The van der Waals surface area contributed by atoms with Crippen LogP contribution < -0.4 is 11.2 Å². The van der Waals surface area contributed by atoms with Crippen LogP contribution in [0.4, 0.5) is 0 Å². The van der Waals surface area contributed by atoms with E-state index in [1.165, 1.54) is 16.8 Å². The molecule has 0 radical (unpaired) electrons. The third-order valence-electron chi connectivity index (χ3n) is 4.03. The molecule has 0 saturated carbocycles. The molecule has 0 amide bonds. The smallest absolute Gasteiger partial charge is 0.330 e.